The topological polar surface area (TPSA) is 150 Å². The minimum atomic E-state index is -3.81. The van der Waals surface area contributed by atoms with E-state index in [1.54, 1.807) is 20.8 Å². The fraction of sp³-hybridized carbons (Fsp3) is 1.00. The Morgan fingerprint density at radius 2 is 1.62 bits per heavy atom. The van der Waals surface area contributed by atoms with Gasteiger partial charge >= 0.3 is 7.60 Å². The first-order chi connectivity index (χ1) is 13.2. The van der Waals surface area contributed by atoms with Crippen molar-refractivity contribution >= 4 is 7.60 Å². The van der Waals surface area contributed by atoms with Gasteiger partial charge in [-0.05, 0) is 41.5 Å². The average molecular weight is 443 g/mol. The van der Waals surface area contributed by atoms with Crippen LogP contribution in [0.5, 0.6) is 0 Å². The summed E-state index contributed by atoms with van der Waals surface area (Å²) in [6.07, 6.45) is -3.91. The molecule has 0 aromatic carbocycles. The number of ether oxygens (including phenoxy) is 4. The molecule has 174 valence electrons. The van der Waals surface area contributed by atoms with E-state index in [1.807, 2.05) is 20.8 Å². The summed E-state index contributed by atoms with van der Waals surface area (Å²) in [5, 5.41) is 19.2. The van der Waals surface area contributed by atoms with Crippen LogP contribution < -0.4 is 5.73 Å². The largest absolute Gasteiger partial charge is 0.394 e. The van der Waals surface area contributed by atoms with Gasteiger partial charge in [0.1, 0.15) is 18.3 Å². The zero-order valence-corrected chi connectivity index (χ0v) is 19.1. The predicted octanol–water partition coefficient (Wildman–Crippen LogP) is 0.609. The Labute approximate surface area is 173 Å². The van der Waals surface area contributed by atoms with Crippen molar-refractivity contribution in [3.8, 4) is 0 Å². The van der Waals surface area contributed by atoms with Crippen molar-refractivity contribution in [2.45, 2.75) is 82.9 Å². The van der Waals surface area contributed by atoms with Gasteiger partial charge in [0.15, 0.2) is 6.29 Å². The first-order valence-corrected chi connectivity index (χ1v) is 11.3. The molecule has 1 aliphatic heterocycles. The third kappa shape index (κ3) is 8.49. The zero-order valence-electron chi connectivity index (χ0n) is 18.2. The molecule has 0 bridgehead atoms. The highest BCUT2D eigenvalue weighted by atomic mass is 31.2. The molecule has 1 heterocycles. The van der Waals surface area contributed by atoms with E-state index in [9.17, 15) is 19.7 Å². The summed E-state index contributed by atoms with van der Waals surface area (Å²) in [5.74, 6) is 0. The van der Waals surface area contributed by atoms with Crippen molar-refractivity contribution < 1.29 is 43.1 Å². The van der Waals surface area contributed by atoms with E-state index < -0.39 is 50.0 Å². The van der Waals surface area contributed by atoms with Crippen LogP contribution in [0, 0.1) is 0 Å². The molecule has 11 heteroatoms. The minimum Gasteiger partial charge on any atom is -0.394 e. The molecule has 5 N–H and O–H groups in total. The molecule has 29 heavy (non-hydrogen) atoms. The van der Waals surface area contributed by atoms with Crippen molar-refractivity contribution in [1.82, 2.24) is 0 Å². The Balaban J connectivity index is 2.52. The number of nitrogens with two attached hydrogens (primary N) is 1. The van der Waals surface area contributed by atoms with Crippen molar-refractivity contribution in [1.29, 1.82) is 0 Å². The van der Waals surface area contributed by atoms with E-state index >= 15 is 0 Å². The summed E-state index contributed by atoms with van der Waals surface area (Å²) in [4.78, 5) is 9.88. The van der Waals surface area contributed by atoms with E-state index in [0.717, 1.165) is 0 Å². The van der Waals surface area contributed by atoms with E-state index in [4.69, 9.17) is 29.2 Å². The molecule has 1 fully saturated rings. The smallest absolute Gasteiger partial charge is 0.333 e. The molecule has 1 rings (SSSR count). The molecule has 6 atom stereocenters. The minimum absolute atomic E-state index is 0.0834. The third-order valence-electron chi connectivity index (χ3n) is 4.31. The van der Waals surface area contributed by atoms with Crippen LogP contribution in [0.15, 0.2) is 0 Å². The maximum absolute atomic E-state index is 12.1. The standard InChI is InChI=1S/C18H38NO9P/c1-17(2,3)26-9-7-25-16-13(19)14(21)15(12(11-20)28-16)24-8-10-27-29(22,23)18(4,5)6/h12-16,20-21H,7-11,19H2,1-6H3,(H,22,23). The summed E-state index contributed by atoms with van der Waals surface area (Å²) < 4.78 is 39.4. The molecule has 0 aromatic rings. The summed E-state index contributed by atoms with van der Waals surface area (Å²) >= 11 is 0. The molecule has 0 saturated carbocycles. The lowest BCUT2D eigenvalue weighted by Crippen LogP contribution is -2.63. The monoisotopic (exact) mass is 443 g/mol. The van der Waals surface area contributed by atoms with Gasteiger partial charge in [0.25, 0.3) is 0 Å². The Bertz CT molecular complexity index is 532. The molecule has 0 aliphatic carbocycles. The molecule has 0 amide bonds. The van der Waals surface area contributed by atoms with Gasteiger partial charge in [-0.25, -0.2) is 0 Å². The van der Waals surface area contributed by atoms with E-state index in [2.05, 4.69) is 0 Å². The average Bonchev–Trinajstić information content (AvgIpc) is 2.58. The summed E-state index contributed by atoms with van der Waals surface area (Å²) in [5.41, 5.74) is 5.70. The van der Waals surface area contributed by atoms with Crippen molar-refractivity contribution in [2.75, 3.05) is 33.0 Å². The van der Waals surface area contributed by atoms with Gasteiger partial charge < -0.3 is 44.3 Å². The van der Waals surface area contributed by atoms with Crippen LogP contribution in [0.2, 0.25) is 0 Å². The molecule has 1 saturated heterocycles. The summed E-state index contributed by atoms with van der Waals surface area (Å²) in [6, 6.07) is -0.906. The van der Waals surface area contributed by atoms with Gasteiger partial charge in [-0.1, -0.05) is 0 Å². The lowest BCUT2D eigenvalue weighted by molar-refractivity contribution is -0.277. The first-order valence-electron chi connectivity index (χ1n) is 9.74. The molecular formula is C18H38NO9P. The van der Waals surface area contributed by atoms with Gasteiger partial charge in [0.05, 0.1) is 49.8 Å². The predicted molar refractivity (Wildman–Crippen MR) is 107 cm³/mol. The second-order valence-electron chi connectivity index (χ2n) is 8.98. The second-order valence-corrected chi connectivity index (χ2v) is 11.6. The van der Waals surface area contributed by atoms with Crippen LogP contribution in [0.3, 0.4) is 0 Å². The Hall–Kier alpha value is -0.130. The maximum Gasteiger partial charge on any atom is 0.333 e. The van der Waals surface area contributed by atoms with Crippen LogP contribution in [0.25, 0.3) is 0 Å². The number of hydrogen-bond donors (Lipinski definition) is 4. The number of aliphatic hydroxyl groups excluding tert-OH is 2. The van der Waals surface area contributed by atoms with Gasteiger partial charge in [0, 0.05) is 0 Å². The van der Waals surface area contributed by atoms with Crippen molar-refractivity contribution in [3.63, 3.8) is 0 Å². The third-order valence-corrected chi connectivity index (χ3v) is 6.54. The zero-order chi connectivity index (χ0) is 22.5. The lowest BCUT2D eigenvalue weighted by atomic mass is 9.97. The van der Waals surface area contributed by atoms with Crippen LogP contribution in [-0.2, 0) is 28.0 Å². The fourth-order valence-electron chi connectivity index (χ4n) is 2.49. The normalized spacial score (nSPS) is 30.9. The lowest BCUT2D eigenvalue weighted by Gasteiger charge is -2.42. The maximum atomic E-state index is 12.1. The first kappa shape index (κ1) is 26.9. The highest BCUT2D eigenvalue weighted by molar-refractivity contribution is 7.54. The van der Waals surface area contributed by atoms with Crippen LogP contribution >= 0.6 is 7.60 Å². The molecule has 6 unspecified atom stereocenters. The molecular weight excluding hydrogens is 405 g/mol. The molecule has 0 spiro atoms. The quantitative estimate of drug-likeness (QED) is 0.279. The molecule has 1 aliphatic rings. The van der Waals surface area contributed by atoms with Crippen LogP contribution in [-0.4, -0.2) is 89.5 Å². The second kappa shape index (κ2) is 10.9. The van der Waals surface area contributed by atoms with Gasteiger partial charge in [-0.3, -0.25) is 4.57 Å². The summed E-state index contributed by atoms with van der Waals surface area (Å²) in [6.45, 7) is 10.4. The van der Waals surface area contributed by atoms with Crippen molar-refractivity contribution in [3.05, 3.63) is 0 Å². The van der Waals surface area contributed by atoms with E-state index in [0.29, 0.717) is 6.61 Å². The van der Waals surface area contributed by atoms with Crippen LogP contribution in [0.1, 0.15) is 41.5 Å². The molecule has 0 aromatic heterocycles. The number of hydrogen-bond acceptors (Lipinski definition) is 9. The highest BCUT2D eigenvalue weighted by Crippen LogP contribution is 2.54. The molecule has 0 radical (unpaired) electrons. The Morgan fingerprint density at radius 1 is 1.03 bits per heavy atom. The van der Waals surface area contributed by atoms with Crippen molar-refractivity contribution in [2.24, 2.45) is 5.73 Å². The Kier molecular flexibility index (Phi) is 10.2. The van der Waals surface area contributed by atoms with Gasteiger partial charge in [0.2, 0.25) is 0 Å². The van der Waals surface area contributed by atoms with Crippen LogP contribution in [0.4, 0.5) is 0 Å². The molecule has 10 nitrogen and oxygen atoms in total. The fourth-order valence-corrected chi connectivity index (χ4v) is 3.20. The number of rotatable bonds is 10. The number of aliphatic hydroxyl groups is 2. The summed E-state index contributed by atoms with van der Waals surface area (Å²) in [7, 11) is -3.81. The van der Waals surface area contributed by atoms with Gasteiger partial charge in [-0.2, -0.15) is 0 Å². The van der Waals surface area contributed by atoms with Gasteiger partial charge in [-0.15, -0.1) is 0 Å². The highest BCUT2D eigenvalue weighted by Gasteiger charge is 2.44. The Morgan fingerprint density at radius 3 is 2.14 bits per heavy atom. The van der Waals surface area contributed by atoms with E-state index in [-0.39, 0.29) is 25.4 Å². The van der Waals surface area contributed by atoms with E-state index in [1.165, 1.54) is 0 Å². The SMILES string of the molecule is CC(C)(C)OCCOC1OC(CO)C(OCCOP(=O)(O)C(C)(C)C)C(O)C1N.